The fourth-order valence-corrected chi connectivity index (χ4v) is 3.45. The molecule has 0 spiro atoms. The van der Waals surface area contributed by atoms with Crippen molar-refractivity contribution in [2.45, 2.75) is 24.0 Å². The number of carbonyl (C=O) groups is 1. The first-order valence-electron chi connectivity index (χ1n) is 6.82. The molecule has 0 saturated heterocycles. The summed E-state index contributed by atoms with van der Waals surface area (Å²) in [6, 6.07) is 9.84. The molecule has 2 atom stereocenters. The highest BCUT2D eigenvalue weighted by Crippen LogP contribution is 2.37. The third kappa shape index (κ3) is 3.02. The molecule has 120 valence electrons. The van der Waals surface area contributed by atoms with E-state index in [-0.39, 0.29) is 10.9 Å². The van der Waals surface area contributed by atoms with Crippen molar-refractivity contribution in [3.05, 3.63) is 53.2 Å². The predicted molar refractivity (Wildman–Crippen MR) is 83.8 cm³/mol. The summed E-state index contributed by atoms with van der Waals surface area (Å²) < 4.78 is 32.0. The van der Waals surface area contributed by atoms with E-state index >= 15 is 0 Å². The third-order valence-corrected chi connectivity index (χ3v) is 5.07. The maximum Gasteiger partial charge on any atom is 0.281 e. The highest BCUT2D eigenvalue weighted by atomic mass is 35.5. The number of fused-ring (bicyclic) bond motifs is 1. The van der Waals surface area contributed by atoms with Crippen molar-refractivity contribution in [1.82, 2.24) is 9.71 Å². The van der Waals surface area contributed by atoms with E-state index < -0.39 is 22.0 Å². The molecule has 3 rings (SSSR count). The molecule has 0 radical (unpaired) electrons. The Hall–Kier alpha value is -2.12. The molecule has 0 aliphatic carbocycles. The van der Waals surface area contributed by atoms with Gasteiger partial charge in [-0.1, -0.05) is 36.7 Å². The fraction of sp³-hybridized carbons (Fsp3) is 0.200. The van der Waals surface area contributed by atoms with Crippen LogP contribution >= 0.6 is 11.6 Å². The Kier molecular flexibility index (Phi) is 3.99. The maximum atomic E-state index is 12.3. The van der Waals surface area contributed by atoms with Crippen molar-refractivity contribution < 1.29 is 17.9 Å². The van der Waals surface area contributed by atoms with E-state index in [9.17, 15) is 13.2 Å². The van der Waals surface area contributed by atoms with Gasteiger partial charge in [0.05, 0.1) is 5.02 Å². The Bertz CT molecular complexity index is 852. The molecule has 1 aliphatic heterocycles. The Labute approximate surface area is 138 Å². The summed E-state index contributed by atoms with van der Waals surface area (Å²) in [6.07, 6.45) is 0.292. The molecular weight excluding hydrogens is 340 g/mol. The lowest BCUT2D eigenvalue weighted by Crippen LogP contribution is -2.42. The Morgan fingerprint density at radius 2 is 2.00 bits per heavy atom. The molecule has 23 heavy (non-hydrogen) atoms. The molecule has 1 N–H and O–H groups in total. The number of aromatic nitrogens is 1. The van der Waals surface area contributed by atoms with Crippen molar-refractivity contribution in [3.8, 4) is 5.75 Å². The number of nitrogens with zero attached hydrogens (tertiary/aromatic N) is 1. The van der Waals surface area contributed by atoms with E-state index in [1.165, 1.54) is 18.3 Å². The third-order valence-electron chi connectivity index (χ3n) is 3.59. The molecule has 1 aromatic heterocycles. The van der Waals surface area contributed by atoms with Crippen LogP contribution in [0.5, 0.6) is 5.75 Å². The molecule has 1 aliphatic rings. The second-order valence-corrected chi connectivity index (χ2v) is 7.22. The number of nitrogens with one attached hydrogen (secondary N) is 1. The number of hydrogen-bond acceptors (Lipinski definition) is 5. The summed E-state index contributed by atoms with van der Waals surface area (Å²) in [7, 11) is -4.07. The van der Waals surface area contributed by atoms with Gasteiger partial charge in [-0.3, -0.25) is 4.79 Å². The van der Waals surface area contributed by atoms with Gasteiger partial charge in [0.2, 0.25) is 0 Å². The first-order valence-corrected chi connectivity index (χ1v) is 8.68. The van der Waals surface area contributed by atoms with Gasteiger partial charge >= 0.3 is 0 Å². The number of sulfonamides is 1. The van der Waals surface area contributed by atoms with Crippen molar-refractivity contribution in [2.24, 2.45) is 0 Å². The highest BCUT2D eigenvalue weighted by Gasteiger charge is 2.38. The molecule has 0 unspecified atom stereocenters. The minimum absolute atomic E-state index is 0.250. The number of benzene rings is 1. The smallest absolute Gasteiger partial charge is 0.281 e. The van der Waals surface area contributed by atoms with E-state index in [1.54, 1.807) is 12.1 Å². The fourth-order valence-electron chi connectivity index (χ4n) is 2.41. The van der Waals surface area contributed by atoms with Gasteiger partial charge in [0.1, 0.15) is 5.75 Å². The molecule has 2 heterocycles. The van der Waals surface area contributed by atoms with Crippen molar-refractivity contribution in [1.29, 1.82) is 0 Å². The molecule has 0 saturated carbocycles. The molecule has 0 fully saturated rings. The lowest BCUT2D eigenvalue weighted by atomic mass is 9.97. The van der Waals surface area contributed by atoms with Gasteiger partial charge in [0.25, 0.3) is 15.9 Å². The standard InChI is InChI=1S/C15H13ClN2O4S/c1-9-11-4-2-3-5-12(11)22-14(9)15(19)18-23(20,21)13-7-6-10(16)8-17-13/h2-9,14H,1H3,(H,18,19)/t9-,14-/m0/s1. The Morgan fingerprint density at radius 1 is 1.26 bits per heavy atom. The molecule has 1 aromatic carbocycles. The molecule has 8 heteroatoms. The summed E-state index contributed by atoms with van der Waals surface area (Å²) in [6.45, 7) is 1.81. The summed E-state index contributed by atoms with van der Waals surface area (Å²) in [5, 5.41) is 0.0249. The summed E-state index contributed by atoms with van der Waals surface area (Å²) in [5.41, 5.74) is 0.870. The number of hydrogen-bond donors (Lipinski definition) is 1. The van der Waals surface area contributed by atoms with Crippen LogP contribution in [0.15, 0.2) is 47.6 Å². The summed E-state index contributed by atoms with van der Waals surface area (Å²) in [4.78, 5) is 16.0. The van der Waals surface area contributed by atoms with Gasteiger partial charge in [-0.05, 0) is 18.2 Å². The number of carbonyl (C=O) groups excluding carboxylic acids is 1. The van der Waals surface area contributed by atoms with Crippen molar-refractivity contribution in [2.75, 3.05) is 0 Å². The Balaban J connectivity index is 1.79. The second-order valence-electron chi connectivity index (χ2n) is 5.15. The molecule has 6 nitrogen and oxygen atoms in total. The summed E-state index contributed by atoms with van der Waals surface area (Å²) in [5.74, 6) is -0.396. The quantitative estimate of drug-likeness (QED) is 0.914. The number of rotatable bonds is 3. The zero-order chi connectivity index (χ0) is 16.6. The number of halogens is 1. The monoisotopic (exact) mass is 352 g/mol. The van der Waals surface area contributed by atoms with Gasteiger partial charge in [0, 0.05) is 17.7 Å². The number of para-hydroxylation sites is 1. The SMILES string of the molecule is C[C@H]1c2ccccc2O[C@@H]1C(=O)NS(=O)(=O)c1ccc(Cl)cn1. The van der Waals surface area contributed by atoms with Gasteiger partial charge < -0.3 is 4.74 Å². The van der Waals surface area contributed by atoms with Gasteiger partial charge in [0.15, 0.2) is 11.1 Å². The normalized spacial score (nSPS) is 19.7. The predicted octanol–water partition coefficient (Wildman–Crippen LogP) is 2.10. The van der Waals surface area contributed by atoms with Crippen LogP contribution in [0.2, 0.25) is 5.02 Å². The van der Waals surface area contributed by atoms with Crippen molar-refractivity contribution in [3.63, 3.8) is 0 Å². The molecule has 2 aromatic rings. The van der Waals surface area contributed by atoms with Crippen LogP contribution in [0.3, 0.4) is 0 Å². The maximum absolute atomic E-state index is 12.3. The molecule has 1 amide bonds. The van der Waals surface area contributed by atoms with Crippen LogP contribution in [-0.2, 0) is 14.8 Å². The van der Waals surface area contributed by atoms with E-state index in [4.69, 9.17) is 16.3 Å². The number of amides is 1. The number of pyridine rings is 1. The second kappa shape index (κ2) is 5.82. The zero-order valence-corrected chi connectivity index (χ0v) is 13.6. The average Bonchev–Trinajstić information content (AvgIpc) is 2.85. The van der Waals surface area contributed by atoms with E-state index in [0.29, 0.717) is 10.8 Å². The van der Waals surface area contributed by atoms with Crippen LogP contribution in [0.25, 0.3) is 0 Å². The van der Waals surface area contributed by atoms with Crippen LogP contribution in [0.4, 0.5) is 0 Å². The van der Waals surface area contributed by atoms with E-state index in [0.717, 1.165) is 5.56 Å². The van der Waals surface area contributed by atoms with Gasteiger partial charge in [-0.25, -0.2) is 9.71 Å². The first kappa shape index (κ1) is 15.8. The van der Waals surface area contributed by atoms with Crippen LogP contribution in [0.1, 0.15) is 18.4 Å². The van der Waals surface area contributed by atoms with Crippen LogP contribution in [0, 0.1) is 0 Å². The van der Waals surface area contributed by atoms with Crippen LogP contribution < -0.4 is 9.46 Å². The van der Waals surface area contributed by atoms with Crippen molar-refractivity contribution >= 4 is 27.5 Å². The average molecular weight is 353 g/mol. The van der Waals surface area contributed by atoms with Gasteiger partial charge in [-0.2, -0.15) is 8.42 Å². The lowest BCUT2D eigenvalue weighted by Gasteiger charge is -2.15. The zero-order valence-electron chi connectivity index (χ0n) is 12.1. The topological polar surface area (TPSA) is 85.4 Å². The largest absolute Gasteiger partial charge is 0.480 e. The van der Waals surface area contributed by atoms with E-state index in [2.05, 4.69) is 4.98 Å². The lowest BCUT2D eigenvalue weighted by molar-refractivity contribution is -0.126. The van der Waals surface area contributed by atoms with Gasteiger partial charge in [-0.15, -0.1) is 0 Å². The summed E-state index contributed by atoms with van der Waals surface area (Å²) >= 11 is 5.68. The molecule has 0 bridgehead atoms. The molecular formula is C15H13ClN2O4S. The first-order chi connectivity index (χ1) is 10.9. The minimum atomic E-state index is -4.07. The van der Waals surface area contributed by atoms with Crippen LogP contribution in [-0.4, -0.2) is 25.4 Å². The Morgan fingerprint density at radius 3 is 2.65 bits per heavy atom. The highest BCUT2D eigenvalue weighted by molar-refractivity contribution is 7.90. The minimum Gasteiger partial charge on any atom is -0.480 e. The number of ether oxygens (including phenoxy) is 1. The van der Waals surface area contributed by atoms with E-state index in [1.807, 2.05) is 23.8 Å².